The summed E-state index contributed by atoms with van der Waals surface area (Å²) in [7, 11) is 0. The molecule has 0 radical (unpaired) electrons. The zero-order valence-electron chi connectivity index (χ0n) is 20.1. The van der Waals surface area contributed by atoms with Gasteiger partial charge in [0.1, 0.15) is 18.1 Å². The average Bonchev–Trinajstić information content (AvgIpc) is 3.32. The van der Waals surface area contributed by atoms with Crippen molar-refractivity contribution in [2.75, 3.05) is 6.54 Å². The third-order valence-corrected chi connectivity index (χ3v) is 4.91. The molecule has 1 heterocycles. The van der Waals surface area contributed by atoms with Crippen LogP contribution in [0.5, 0.6) is 0 Å². The second-order valence-corrected chi connectivity index (χ2v) is 8.05. The van der Waals surface area contributed by atoms with Crippen LogP contribution >= 0.6 is 0 Å². The van der Waals surface area contributed by atoms with Crippen LogP contribution in [0.2, 0.25) is 0 Å². The van der Waals surface area contributed by atoms with E-state index in [0.717, 1.165) is 0 Å². The Kier molecular flexibility index (Phi) is 12.7. The summed E-state index contributed by atoms with van der Waals surface area (Å²) in [4.78, 5) is 81.9. The number of amides is 3. The maximum atomic E-state index is 13.1. The normalized spacial score (nSPS) is 13.7. The molecule has 0 spiro atoms. The monoisotopic (exact) mass is 541 g/mol. The van der Waals surface area contributed by atoms with E-state index < -0.39 is 72.6 Å². The fraction of sp³-hybridized carbons (Fsp3) is 0.500. The molecule has 4 atom stereocenters. The Balaban J connectivity index is 3.12. The lowest BCUT2D eigenvalue weighted by Gasteiger charge is -2.24. The van der Waals surface area contributed by atoms with Crippen molar-refractivity contribution in [3.05, 3.63) is 18.2 Å². The Morgan fingerprint density at radius 3 is 2.00 bits per heavy atom. The molecule has 1 aromatic heterocycles. The number of nitrogens with two attached hydrogens (primary N) is 3. The van der Waals surface area contributed by atoms with Gasteiger partial charge in [-0.3, -0.25) is 29.0 Å². The van der Waals surface area contributed by atoms with Gasteiger partial charge in [0.25, 0.3) is 0 Å². The zero-order valence-corrected chi connectivity index (χ0v) is 20.1. The molecule has 4 unspecified atom stereocenters. The number of carboxylic acid groups (broad SMARTS) is 3. The molecule has 18 heteroatoms. The molecular weight excluding hydrogens is 510 g/mol. The second-order valence-electron chi connectivity index (χ2n) is 8.05. The zero-order chi connectivity index (χ0) is 28.8. The summed E-state index contributed by atoms with van der Waals surface area (Å²) in [5, 5.41) is 33.8. The molecule has 0 bridgehead atoms. The van der Waals surface area contributed by atoms with Crippen molar-refractivity contribution in [1.29, 1.82) is 0 Å². The molecule has 0 fully saturated rings. The van der Waals surface area contributed by atoms with Gasteiger partial charge >= 0.3 is 17.9 Å². The summed E-state index contributed by atoms with van der Waals surface area (Å²) in [6.45, 7) is 0.0534. The molecular formula is C20H31N9O9. The van der Waals surface area contributed by atoms with Gasteiger partial charge in [0.2, 0.25) is 17.7 Å². The Bertz CT molecular complexity index is 1030. The summed E-state index contributed by atoms with van der Waals surface area (Å²) in [6, 6.07) is -6.01. The summed E-state index contributed by atoms with van der Waals surface area (Å²) < 4.78 is 0. The Labute approximate surface area is 215 Å². The largest absolute Gasteiger partial charge is 0.481 e. The van der Waals surface area contributed by atoms with Crippen LogP contribution in [0.3, 0.4) is 0 Å². The highest BCUT2D eigenvalue weighted by Crippen LogP contribution is 2.05. The first kappa shape index (κ1) is 31.3. The Hall–Kier alpha value is -4.74. The molecule has 0 saturated heterocycles. The van der Waals surface area contributed by atoms with E-state index in [4.69, 9.17) is 27.4 Å². The summed E-state index contributed by atoms with van der Waals surface area (Å²) in [5.74, 6) is -7.51. The van der Waals surface area contributed by atoms with Gasteiger partial charge in [-0.15, -0.1) is 0 Å². The molecule has 13 N–H and O–H groups in total. The maximum Gasteiger partial charge on any atom is 0.326 e. The predicted octanol–water partition coefficient (Wildman–Crippen LogP) is -4.18. The van der Waals surface area contributed by atoms with Crippen molar-refractivity contribution in [1.82, 2.24) is 25.9 Å². The molecule has 1 rings (SSSR count). The number of carbonyl (C=O) groups is 6. The van der Waals surface area contributed by atoms with E-state index in [-0.39, 0.29) is 31.8 Å². The molecule has 210 valence electrons. The maximum absolute atomic E-state index is 13.1. The molecule has 38 heavy (non-hydrogen) atoms. The molecule has 1 aromatic rings. The summed E-state index contributed by atoms with van der Waals surface area (Å²) in [6.07, 6.45) is 0.945. The van der Waals surface area contributed by atoms with Crippen LogP contribution in [0.1, 0.15) is 31.4 Å². The number of nitrogens with one attached hydrogen (secondary N) is 4. The molecule has 0 aromatic carbocycles. The number of guanidine groups is 1. The van der Waals surface area contributed by atoms with E-state index in [1.165, 1.54) is 12.5 Å². The number of carboxylic acids is 3. The molecule has 0 aliphatic carbocycles. The molecule has 3 amide bonds. The number of aromatic nitrogens is 2. The van der Waals surface area contributed by atoms with Crippen LogP contribution in [0.15, 0.2) is 17.5 Å². The Morgan fingerprint density at radius 1 is 0.895 bits per heavy atom. The number of carbonyl (C=O) groups excluding carboxylic acids is 3. The number of H-pyrrole nitrogens is 1. The summed E-state index contributed by atoms with van der Waals surface area (Å²) in [5.41, 5.74) is 16.5. The highest BCUT2D eigenvalue weighted by atomic mass is 16.4. The number of aromatic amines is 1. The van der Waals surface area contributed by atoms with Gasteiger partial charge in [0, 0.05) is 24.9 Å². The first-order valence-corrected chi connectivity index (χ1v) is 11.2. The number of hydrogen-bond donors (Lipinski definition) is 10. The highest BCUT2D eigenvalue weighted by Gasteiger charge is 2.31. The first-order chi connectivity index (χ1) is 17.8. The highest BCUT2D eigenvalue weighted by molar-refractivity contribution is 5.95. The third-order valence-electron chi connectivity index (χ3n) is 4.91. The topological polar surface area (TPSA) is 318 Å². The number of aliphatic imine (C=N–C) groups is 1. The minimum Gasteiger partial charge on any atom is -0.481 e. The lowest BCUT2D eigenvalue weighted by atomic mass is 10.1. The van der Waals surface area contributed by atoms with E-state index in [2.05, 4.69) is 30.9 Å². The van der Waals surface area contributed by atoms with E-state index in [1.807, 2.05) is 0 Å². The number of hydrogen-bond acceptors (Lipinski definition) is 9. The summed E-state index contributed by atoms with van der Waals surface area (Å²) >= 11 is 0. The Morgan fingerprint density at radius 2 is 1.47 bits per heavy atom. The number of rotatable bonds is 17. The smallest absolute Gasteiger partial charge is 0.326 e. The average molecular weight is 542 g/mol. The van der Waals surface area contributed by atoms with Crippen molar-refractivity contribution in [3.8, 4) is 0 Å². The van der Waals surface area contributed by atoms with Crippen LogP contribution in [0.4, 0.5) is 0 Å². The first-order valence-electron chi connectivity index (χ1n) is 11.2. The minimum absolute atomic E-state index is 0.0534. The van der Waals surface area contributed by atoms with Crippen LogP contribution in [0, 0.1) is 0 Å². The van der Waals surface area contributed by atoms with E-state index >= 15 is 0 Å². The minimum atomic E-state index is -1.79. The third kappa shape index (κ3) is 11.8. The SMILES string of the molecule is NC(N)=NCCCC(NC(=O)C(Cc1cnc[nH]1)NC(=O)C(N)CC(=O)O)C(=O)NC(CC(=O)O)C(=O)O. The van der Waals surface area contributed by atoms with Crippen LogP contribution in [-0.4, -0.2) is 97.6 Å². The van der Waals surface area contributed by atoms with Gasteiger partial charge in [-0.25, -0.2) is 9.78 Å². The van der Waals surface area contributed by atoms with Crippen molar-refractivity contribution in [2.24, 2.45) is 22.2 Å². The van der Waals surface area contributed by atoms with E-state index in [0.29, 0.717) is 5.69 Å². The van der Waals surface area contributed by atoms with E-state index in [9.17, 15) is 33.9 Å². The van der Waals surface area contributed by atoms with Gasteiger partial charge in [-0.1, -0.05) is 0 Å². The van der Waals surface area contributed by atoms with Gasteiger partial charge in [0.05, 0.1) is 25.2 Å². The van der Waals surface area contributed by atoms with Gasteiger partial charge < -0.3 is 53.5 Å². The van der Waals surface area contributed by atoms with E-state index in [1.54, 1.807) is 0 Å². The molecule has 0 aliphatic heterocycles. The van der Waals surface area contributed by atoms with Crippen molar-refractivity contribution in [2.45, 2.75) is 56.3 Å². The second kappa shape index (κ2) is 15.4. The van der Waals surface area contributed by atoms with Crippen LogP contribution in [-0.2, 0) is 35.2 Å². The molecule has 18 nitrogen and oxygen atoms in total. The van der Waals surface area contributed by atoms with Gasteiger partial charge in [0.15, 0.2) is 5.96 Å². The van der Waals surface area contributed by atoms with Crippen LogP contribution < -0.4 is 33.2 Å². The van der Waals surface area contributed by atoms with Crippen LogP contribution in [0.25, 0.3) is 0 Å². The predicted molar refractivity (Wildman–Crippen MR) is 128 cm³/mol. The number of nitrogens with zero attached hydrogens (tertiary/aromatic N) is 2. The van der Waals surface area contributed by atoms with Gasteiger partial charge in [-0.05, 0) is 12.8 Å². The number of aliphatic carboxylic acids is 3. The molecule has 0 saturated carbocycles. The van der Waals surface area contributed by atoms with Crippen molar-refractivity contribution >= 4 is 41.6 Å². The molecule has 0 aliphatic rings. The van der Waals surface area contributed by atoms with Gasteiger partial charge in [-0.2, -0.15) is 0 Å². The number of imidazole rings is 1. The quantitative estimate of drug-likeness (QED) is 0.0509. The lowest BCUT2D eigenvalue weighted by molar-refractivity contribution is -0.147. The standard InChI is InChI=1S/C20H31N9O9/c21-10(5-14(30)31)16(34)28-12(4-9-7-24-8-26-9)18(36)27-11(2-1-3-25-20(22)23)17(35)29-13(19(37)38)6-15(32)33/h7-8,10-13H,1-6,21H2,(H,24,26)(H,27,36)(H,28,34)(H,29,35)(H,30,31)(H,32,33)(H,37,38)(H4,22,23,25). The van der Waals surface area contributed by atoms with Crippen molar-refractivity contribution in [3.63, 3.8) is 0 Å². The lowest BCUT2D eigenvalue weighted by Crippen LogP contribution is -2.58. The fourth-order valence-corrected chi connectivity index (χ4v) is 3.08. The fourth-order valence-electron chi connectivity index (χ4n) is 3.08. The van der Waals surface area contributed by atoms with Crippen molar-refractivity contribution < 1.29 is 44.1 Å².